The lowest BCUT2D eigenvalue weighted by Gasteiger charge is -2.29. The Labute approximate surface area is 175 Å². The molecule has 0 bridgehead atoms. The van der Waals surface area contributed by atoms with E-state index in [1.165, 1.54) is 0 Å². The molecule has 4 N–H and O–H groups in total. The van der Waals surface area contributed by atoms with Gasteiger partial charge in [-0.05, 0) is 20.3 Å². The number of hydrogen-bond acceptors (Lipinski definition) is 6. The normalized spacial score (nSPS) is 12.2. The molecule has 0 saturated heterocycles. The molecule has 0 fully saturated rings. The molecule has 0 aliphatic rings. The molecule has 0 radical (unpaired) electrons. The van der Waals surface area contributed by atoms with Crippen LogP contribution >= 0.6 is 0 Å². The molecule has 0 heterocycles. The quantitative estimate of drug-likeness (QED) is 0.298. The van der Waals surface area contributed by atoms with Crippen molar-refractivity contribution in [2.75, 3.05) is 59.2 Å². The third kappa shape index (κ3) is 18.6. The van der Waals surface area contributed by atoms with Crippen LogP contribution < -0.4 is 16.4 Å². The highest BCUT2D eigenvalue weighted by atomic mass is 19.1. The maximum Gasteiger partial charge on any atom is 0.220 e. The molecule has 7 nitrogen and oxygen atoms in total. The molecule has 0 aromatic heterocycles. The van der Waals surface area contributed by atoms with Gasteiger partial charge >= 0.3 is 0 Å². The first-order chi connectivity index (χ1) is 13.4. The van der Waals surface area contributed by atoms with Crippen molar-refractivity contribution >= 4 is 5.91 Å². The minimum Gasteiger partial charge on any atom is -0.379 e. The van der Waals surface area contributed by atoms with Crippen LogP contribution in [0.4, 0.5) is 4.39 Å². The van der Waals surface area contributed by atoms with Gasteiger partial charge in [-0.2, -0.15) is 0 Å². The van der Waals surface area contributed by atoms with Gasteiger partial charge in [-0.15, -0.1) is 0 Å². The average molecular weight is 416 g/mol. The van der Waals surface area contributed by atoms with E-state index in [-0.39, 0.29) is 16.7 Å². The van der Waals surface area contributed by atoms with E-state index >= 15 is 0 Å². The first-order valence-corrected chi connectivity index (χ1v) is 10.5. The lowest BCUT2D eigenvalue weighted by atomic mass is 10.0. The summed E-state index contributed by atoms with van der Waals surface area (Å²) < 4.78 is 30.5. The van der Waals surface area contributed by atoms with Crippen LogP contribution in [0.5, 0.6) is 0 Å². The second kappa shape index (κ2) is 20.9. The van der Waals surface area contributed by atoms with Crippen molar-refractivity contribution in [3.05, 3.63) is 0 Å². The summed E-state index contributed by atoms with van der Waals surface area (Å²) in [6.45, 7) is 13.8. The molecule has 8 heteroatoms. The smallest absolute Gasteiger partial charge is 0.220 e. The second-order valence-corrected chi connectivity index (χ2v) is 6.59. The highest BCUT2D eigenvalue weighted by Gasteiger charge is 2.30. The Morgan fingerprint density at radius 2 is 1.71 bits per heavy atom. The SMILES string of the molecule is CC.CCCCC(=O)NCC(F)C(C)(C)OCCOCCNCCOCCN.[HH].[HH].[HH]. The fourth-order valence-electron chi connectivity index (χ4n) is 2.03. The predicted molar refractivity (Wildman–Crippen MR) is 119 cm³/mol. The van der Waals surface area contributed by atoms with Crippen molar-refractivity contribution < 1.29 is 27.7 Å². The molecule has 1 amide bonds. The van der Waals surface area contributed by atoms with Crippen LogP contribution in [0.2, 0.25) is 0 Å². The van der Waals surface area contributed by atoms with Crippen molar-refractivity contribution in [3.8, 4) is 0 Å². The van der Waals surface area contributed by atoms with Crippen molar-refractivity contribution in [2.24, 2.45) is 5.73 Å². The van der Waals surface area contributed by atoms with E-state index in [2.05, 4.69) is 10.6 Å². The minimum absolute atomic E-state index is 0. The number of nitrogens with two attached hydrogens (primary N) is 1. The number of unbranched alkanes of at least 4 members (excludes halogenated alkanes) is 1. The van der Waals surface area contributed by atoms with Crippen LogP contribution in [0.1, 0.15) is 58.2 Å². The van der Waals surface area contributed by atoms with E-state index in [1.54, 1.807) is 13.8 Å². The zero-order chi connectivity index (χ0) is 21.7. The van der Waals surface area contributed by atoms with Gasteiger partial charge in [0, 0.05) is 30.3 Å². The molecule has 0 aromatic rings. The Bertz CT molecular complexity index is 362. The number of rotatable bonds is 18. The van der Waals surface area contributed by atoms with Gasteiger partial charge in [0.1, 0.15) is 6.17 Å². The summed E-state index contributed by atoms with van der Waals surface area (Å²) >= 11 is 0. The number of carbonyl (C=O) groups excluding carboxylic acids is 1. The monoisotopic (exact) mass is 415 g/mol. The molecule has 0 saturated carbocycles. The second-order valence-electron chi connectivity index (χ2n) is 6.59. The van der Waals surface area contributed by atoms with Crippen molar-refractivity contribution in [1.29, 1.82) is 0 Å². The third-order valence-electron chi connectivity index (χ3n) is 3.80. The molecule has 0 aliphatic heterocycles. The number of halogens is 1. The Morgan fingerprint density at radius 1 is 1.11 bits per heavy atom. The zero-order valence-electron chi connectivity index (χ0n) is 18.7. The van der Waals surface area contributed by atoms with E-state index in [1.807, 2.05) is 20.8 Å². The molecular weight excluding hydrogens is 365 g/mol. The number of ether oxygens (including phenoxy) is 3. The van der Waals surface area contributed by atoms with Gasteiger partial charge in [-0.25, -0.2) is 4.39 Å². The summed E-state index contributed by atoms with van der Waals surface area (Å²) in [5, 5.41) is 5.80. The Balaban J connectivity index is -0.000000436. The minimum atomic E-state index is -1.27. The van der Waals surface area contributed by atoms with Gasteiger partial charge in [-0.3, -0.25) is 4.79 Å². The van der Waals surface area contributed by atoms with Gasteiger partial charge in [0.15, 0.2) is 0 Å². The van der Waals surface area contributed by atoms with Crippen LogP contribution in [-0.4, -0.2) is 76.9 Å². The van der Waals surface area contributed by atoms with Gasteiger partial charge < -0.3 is 30.6 Å². The Kier molecular flexibility index (Phi) is 22.0. The average Bonchev–Trinajstić information content (AvgIpc) is 2.70. The summed E-state index contributed by atoms with van der Waals surface area (Å²) in [5.74, 6) is -0.116. The molecule has 0 aromatic carbocycles. The highest BCUT2D eigenvalue weighted by Crippen LogP contribution is 2.17. The van der Waals surface area contributed by atoms with Gasteiger partial charge in [0.2, 0.25) is 5.91 Å². The third-order valence-corrected chi connectivity index (χ3v) is 3.80. The standard InChI is InChI=1S/C18H38FN3O4.C2H6.3H2/c1-4-5-6-17(23)22-15-16(19)18(2,3)26-14-13-25-12-9-21-8-11-24-10-7-20;1-2;;;/h16,21H,4-15,20H2,1-3H3,(H,22,23);1-2H3;3*1H. The first kappa shape index (κ1) is 29.4. The van der Waals surface area contributed by atoms with Crippen LogP contribution in [0.15, 0.2) is 0 Å². The summed E-state index contributed by atoms with van der Waals surface area (Å²) in [5.41, 5.74) is 4.34. The van der Waals surface area contributed by atoms with Crippen molar-refractivity contribution in [1.82, 2.24) is 10.6 Å². The Hall–Kier alpha value is -0.800. The molecule has 0 spiro atoms. The molecule has 1 atom stereocenters. The van der Waals surface area contributed by atoms with Gasteiger partial charge in [-0.1, -0.05) is 27.2 Å². The van der Waals surface area contributed by atoms with E-state index in [0.717, 1.165) is 19.4 Å². The summed E-state index contributed by atoms with van der Waals surface area (Å²) in [4.78, 5) is 11.5. The van der Waals surface area contributed by atoms with Gasteiger partial charge in [0.05, 0.1) is 45.2 Å². The Morgan fingerprint density at radius 3 is 2.29 bits per heavy atom. The number of alkyl halides is 1. The number of hydrogen-bond donors (Lipinski definition) is 3. The zero-order valence-corrected chi connectivity index (χ0v) is 18.7. The predicted octanol–water partition coefficient (Wildman–Crippen LogP) is 2.77. The van der Waals surface area contributed by atoms with Crippen LogP contribution in [0, 0.1) is 0 Å². The van der Waals surface area contributed by atoms with Crippen molar-refractivity contribution in [3.63, 3.8) is 0 Å². The van der Waals surface area contributed by atoms with E-state index in [9.17, 15) is 9.18 Å². The van der Waals surface area contributed by atoms with Crippen molar-refractivity contribution in [2.45, 2.75) is 65.7 Å². The molecule has 28 heavy (non-hydrogen) atoms. The van der Waals surface area contributed by atoms with E-state index in [0.29, 0.717) is 52.5 Å². The summed E-state index contributed by atoms with van der Waals surface area (Å²) in [6.07, 6.45) is 0.919. The molecule has 0 aliphatic carbocycles. The van der Waals surface area contributed by atoms with Gasteiger partial charge in [0.25, 0.3) is 0 Å². The fraction of sp³-hybridized carbons (Fsp3) is 0.950. The fourth-order valence-corrected chi connectivity index (χ4v) is 2.03. The van der Waals surface area contributed by atoms with E-state index in [4.69, 9.17) is 19.9 Å². The molecule has 176 valence electrons. The summed E-state index contributed by atoms with van der Waals surface area (Å²) in [6, 6.07) is 0. The molecule has 1 unspecified atom stereocenters. The van der Waals surface area contributed by atoms with Crippen LogP contribution in [0.3, 0.4) is 0 Å². The lowest BCUT2D eigenvalue weighted by molar-refractivity contribution is -0.123. The topological polar surface area (TPSA) is 94.8 Å². The number of nitrogens with one attached hydrogen (secondary N) is 2. The molecule has 0 rings (SSSR count). The van der Waals surface area contributed by atoms with Crippen LogP contribution in [-0.2, 0) is 19.0 Å². The number of carbonyl (C=O) groups is 1. The molecular formula is C20H50FN3O4. The first-order valence-electron chi connectivity index (χ1n) is 10.5. The van der Waals surface area contributed by atoms with E-state index < -0.39 is 11.8 Å². The largest absolute Gasteiger partial charge is 0.379 e. The summed E-state index contributed by atoms with van der Waals surface area (Å²) in [7, 11) is 0. The van der Waals surface area contributed by atoms with Crippen LogP contribution in [0.25, 0.3) is 0 Å². The number of amides is 1. The maximum atomic E-state index is 14.3. The highest BCUT2D eigenvalue weighted by molar-refractivity contribution is 5.75. The lowest BCUT2D eigenvalue weighted by Crippen LogP contribution is -2.44. The maximum absolute atomic E-state index is 14.3.